The predicted octanol–water partition coefficient (Wildman–Crippen LogP) is 5.60. The topological polar surface area (TPSA) is 29.5 Å². The second kappa shape index (κ2) is 6.14. The zero-order valence-corrected chi connectivity index (χ0v) is 13.1. The molecule has 100 valence electrons. The van der Waals surface area contributed by atoms with Gasteiger partial charge in [-0.25, -0.2) is 0 Å². The Balaban J connectivity index is 2.28. The van der Waals surface area contributed by atoms with E-state index in [2.05, 4.69) is 15.9 Å². The summed E-state index contributed by atoms with van der Waals surface area (Å²) < 4.78 is 6.46. The van der Waals surface area contributed by atoms with Gasteiger partial charge in [0, 0.05) is 5.02 Å². The molecule has 2 nitrogen and oxygen atoms in total. The molecular formula is C14H11BrCl2O2. The molecule has 19 heavy (non-hydrogen) atoms. The molecule has 2 aromatic rings. The van der Waals surface area contributed by atoms with Crippen LogP contribution < -0.4 is 4.74 Å². The molecule has 0 heterocycles. The standard InChI is InChI=1S/C14H11BrCl2O2/c1-8(18)9-2-4-13(11(15)6-9)19-14-5-3-10(16)7-12(14)17/h2-8,18H,1H3/t8-/m1/s1. The van der Waals surface area contributed by atoms with E-state index in [0.29, 0.717) is 21.5 Å². The number of hydrogen-bond acceptors (Lipinski definition) is 2. The summed E-state index contributed by atoms with van der Waals surface area (Å²) in [7, 11) is 0. The molecule has 0 amide bonds. The molecule has 0 aliphatic rings. The van der Waals surface area contributed by atoms with Crippen LogP contribution in [0.4, 0.5) is 0 Å². The van der Waals surface area contributed by atoms with Crippen molar-refractivity contribution in [3.63, 3.8) is 0 Å². The molecule has 0 aliphatic heterocycles. The van der Waals surface area contributed by atoms with Gasteiger partial charge in [-0.15, -0.1) is 0 Å². The molecule has 0 aromatic heterocycles. The van der Waals surface area contributed by atoms with Gasteiger partial charge in [-0.2, -0.15) is 0 Å². The first-order chi connectivity index (χ1) is 8.97. The lowest BCUT2D eigenvalue weighted by Crippen LogP contribution is -1.92. The van der Waals surface area contributed by atoms with Crippen LogP contribution in [0.1, 0.15) is 18.6 Å². The minimum absolute atomic E-state index is 0.444. The minimum Gasteiger partial charge on any atom is -0.455 e. The predicted molar refractivity (Wildman–Crippen MR) is 81.3 cm³/mol. The first-order valence-electron chi connectivity index (χ1n) is 5.58. The lowest BCUT2D eigenvalue weighted by Gasteiger charge is -2.11. The SMILES string of the molecule is C[C@@H](O)c1ccc(Oc2ccc(Cl)cc2Cl)c(Br)c1. The molecule has 0 saturated carbocycles. The molecule has 0 bridgehead atoms. The number of aliphatic hydroxyl groups is 1. The molecule has 0 aliphatic carbocycles. The molecule has 2 aromatic carbocycles. The van der Waals surface area contributed by atoms with Gasteiger partial charge in [-0.05, 0) is 58.7 Å². The summed E-state index contributed by atoms with van der Waals surface area (Å²) in [4.78, 5) is 0. The van der Waals surface area contributed by atoms with Crippen LogP contribution in [-0.2, 0) is 0 Å². The van der Waals surface area contributed by atoms with Crippen LogP contribution in [0.3, 0.4) is 0 Å². The van der Waals surface area contributed by atoms with E-state index in [1.807, 2.05) is 6.07 Å². The number of rotatable bonds is 3. The number of benzene rings is 2. The third kappa shape index (κ3) is 3.63. The van der Waals surface area contributed by atoms with Crippen molar-refractivity contribution in [2.75, 3.05) is 0 Å². The van der Waals surface area contributed by atoms with E-state index in [-0.39, 0.29) is 0 Å². The Kier molecular flexibility index (Phi) is 4.74. The van der Waals surface area contributed by atoms with Gasteiger partial charge in [0.2, 0.25) is 0 Å². The van der Waals surface area contributed by atoms with Crippen molar-refractivity contribution in [3.8, 4) is 11.5 Å². The number of halogens is 3. The van der Waals surface area contributed by atoms with Gasteiger partial charge in [0.25, 0.3) is 0 Å². The lowest BCUT2D eigenvalue weighted by atomic mass is 10.1. The van der Waals surface area contributed by atoms with Crippen molar-refractivity contribution in [2.45, 2.75) is 13.0 Å². The Morgan fingerprint density at radius 2 is 1.79 bits per heavy atom. The second-order valence-electron chi connectivity index (χ2n) is 4.04. The van der Waals surface area contributed by atoms with Gasteiger partial charge in [0.1, 0.15) is 11.5 Å². The highest BCUT2D eigenvalue weighted by molar-refractivity contribution is 9.10. The quantitative estimate of drug-likeness (QED) is 0.770. The third-order valence-corrected chi connectivity index (χ3v) is 3.70. The van der Waals surface area contributed by atoms with E-state index in [4.69, 9.17) is 27.9 Å². The summed E-state index contributed by atoms with van der Waals surface area (Å²) in [5.41, 5.74) is 0.807. The summed E-state index contributed by atoms with van der Waals surface area (Å²) in [5.74, 6) is 1.14. The fourth-order valence-corrected chi connectivity index (χ4v) is 2.46. The van der Waals surface area contributed by atoms with Gasteiger partial charge >= 0.3 is 0 Å². The third-order valence-electron chi connectivity index (χ3n) is 2.55. The normalized spacial score (nSPS) is 12.3. The molecule has 5 heteroatoms. The van der Waals surface area contributed by atoms with Gasteiger partial charge in [-0.1, -0.05) is 29.3 Å². The molecular weight excluding hydrogens is 351 g/mol. The Labute approximate surface area is 130 Å². The van der Waals surface area contributed by atoms with Crippen LogP contribution in [0.5, 0.6) is 11.5 Å². The minimum atomic E-state index is -0.524. The maximum absolute atomic E-state index is 9.51. The fraction of sp³-hybridized carbons (Fsp3) is 0.143. The molecule has 0 unspecified atom stereocenters. The molecule has 1 N–H and O–H groups in total. The summed E-state index contributed by atoms with van der Waals surface area (Å²) in [6, 6.07) is 10.4. The molecule has 0 spiro atoms. The second-order valence-corrected chi connectivity index (χ2v) is 5.74. The molecule has 2 rings (SSSR count). The van der Waals surface area contributed by atoms with Crippen LogP contribution in [-0.4, -0.2) is 5.11 Å². The summed E-state index contributed by atoms with van der Waals surface area (Å²) in [6.07, 6.45) is -0.524. The first kappa shape index (κ1) is 14.7. The summed E-state index contributed by atoms with van der Waals surface area (Å²) >= 11 is 15.3. The van der Waals surface area contributed by atoms with Crippen LogP contribution in [0, 0.1) is 0 Å². The van der Waals surface area contributed by atoms with Crippen molar-refractivity contribution in [1.29, 1.82) is 0 Å². The van der Waals surface area contributed by atoms with Crippen molar-refractivity contribution in [3.05, 3.63) is 56.5 Å². The summed E-state index contributed by atoms with van der Waals surface area (Å²) in [5, 5.41) is 10.5. The van der Waals surface area contributed by atoms with E-state index in [0.717, 1.165) is 10.0 Å². The van der Waals surface area contributed by atoms with Crippen molar-refractivity contribution in [1.82, 2.24) is 0 Å². The van der Waals surface area contributed by atoms with Crippen molar-refractivity contribution < 1.29 is 9.84 Å². The highest BCUT2D eigenvalue weighted by atomic mass is 79.9. The zero-order valence-electron chi connectivity index (χ0n) is 10.0. The molecule has 1 atom stereocenters. The molecule has 0 saturated heterocycles. The monoisotopic (exact) mass is 360 g/mol. The Morgan fingerprint density at radius 3 is 2.37 bits per heavy atom. The van der Waals surface area contributed by atoms with E-state index in [9.17, 15) is 5.11 Å². The van der Waals surface area contributed by atoms with Crippen LogP contribution in [0.2, 0.25) is 10.0 Å². The molecule has 0 fully saturated rings. The maximum atomic E-state index is 9.51. The van der Waals surface area contributed by atoms with Gasteiger partial charge in [0.15, 0.2) is 0 Å². The van der Waals surface area contributed by atoms with Crippen LogP contribution in [0.15, 0.2) is 40.9 Å². The maximum Gasteiger partial charge on any atom is 0.146 e. The number of aliphatic hydroxyl groups excluding tert-OH is 1. The highest BCUT2D eigenvalue weighted by Gasteiger charge is 2.09. The number of ether oxygens (including phenoxy) is 1. The van der Waals surface area contributed by atoms with Crippen molar-refractivity contribution in [2.24, 2.45) is 0 Å². The van der Waals surface area contributed by atoms with Crippen LogP contribution in [0.25, 0.3) is 0 Å². The summed E-state index contributed by atoms with van der Waals surface area (Å²) in [6.45, 7) is 1.71. The Bertz CT molecular complexity index is 600. The zero-order chi connectivity index (χ0) is 14.0. The van der Waals surface area contributed by atoms with Gasteiger partial charge in [0.05, 0.1) is 15.6 Å². The van der Waals surface area contributed by atoms with E-state index >= 15 is 0 Å². The Morgan fingerprint density at radius 1 is 1.11 bits per heavy atom. The first-order valence-corrected chi connectivity index (χ1v) is 7.12. The fourth-order valence-electron chi connectivity index (χ4n) is 1.54. The largest absolute Gasteiger partial charge is 0.455 e. The smallest absolute Gasteiger partial charge is 0.146 e. The van der Waals surface area contributed by atoms with Crippen molar-refractivity contribution >= 4 is 39.1 Å². The van der Waals surface area contributed by atoms with Crippen LogP contribution >= 0.6 is 39.1 Å². The van der Waals surface area contributed by atoms with Gasteiger partial charge < -0.3 is 9.84 Å². The van der Waals surface area contributed by atoms with Gasteiger partial charge in [-0.3, -0.25) is 0 Å². The lowest BCUT2D eigenvalue weighted by molar-refractivity contribution is 0.199. The Hall–Kier alpha value is -0.740. The van der Waals surface area contributed by atoms with E-state index in [1.54, 1.807) is 37.3 Å². The molecule has 0 radical (unpaired) electrons. The average molecular weight is 362 g/mol. The van der Waals surface area contributed by atoms with E-state index in [1.165, 1.54) is 0 Å². The number of hydrogen-bond donors (Lipinski definition) is 1. The average Bonchev–Trinajstić information content (AvgIpc) is 2.34. The highest BCUT2D eigenvalue weighted by Crippen LogP contribution is 2.36. The van der Waals surface area contributed by atoms with E-state index < -0.39 is 6.10 Å².